The lowest BCUT2D eigenvalue weighted by Gasteiger charge is -2.38. The van der Waals surface area contributed by atoms with Crippen LogP contribution in [0.25, 0.3) is 0 Å². The predicted molar refractivity (Wildman–Crippen MR) is 82.7 cm³/mol. The fraction of sp³-hybridized carbons (Fsp3) is 1.00. The van der Waals surface area contributed by atoms with Crippen LogP contribution < -0.4 is 5.32 Å². The monoisotopic (exact) mass is 267 g/mol. The van der Waals surface area contributed by atoms with E-state index in [2.05, 4.69) is 22.0 Å². The molecule has 0 bridgehead atoms. The quantitative estimate of drug-likeness (QED) is 0.681. The second-order valence-corrected chi connectivity index (χ2v) is 6.23. The van der Waals surface area contributed by atoms with Gasteiger partial charge in [0.05, 0.1) is 0 Å². The van der Waals surface area contributed by atoms with Crippen molar-refractivity contribution >= 4 is 0 Å². The van der Waals surface area contributed by atoms with Crippen LogP contribution in [0.3, 0.4) is 0 Å². The van der Waals surface area contributed by atoms with Gasteiger partial charge in [0.2, 0.25) is 0 Å². The number of unbranched alkanes of at least 4 members (excludes halogenated alkanes) is 2. The van der Waals surface area contributed by atoms with Gasteiger partial charge in [-0.1, -0.05) is 26.2 Å². The first-order valence-corrected chi connectivity index (χ1v) is 8.57. The Labute approximate surface area is 119 Å². The fourth-order valence-corrected chi connectivity index (χ4v) is 3.56. The maximum atomic E-state index is 3.40. The van der Waals surface area contributed by atoms with Gasteiger partial charge in [0.15, 0.2) is 0 Å². The molecule has 1 aliphatic carbocycles. The van der Waals surface area contributed by atoms with E-state index in [9.17, 15) is 0 Å². The van der Waals surface area contributed by atoms with E-state index in [1.54, 1.807) is 0 Å². The molecule has 2 rings (SSSR count). The van der Waals surface area contributed by atoms with Crippen molar-refractivity contribution in [2.24, 2.45) is 0 Å². The Hall–Kier alpha value is -0.120. The van der Waals surface area contributed by atoms with Crippen molar-refractivity contribution in [2.75, 3.05) is 45.8 Å². The van der Waals surface area contributed by atoms with Gasteiger partial charge >= 0.3 is 0 Å². The molecule has 0 aromatic carbocycles. The number of nitrogens with zero attached hydrogens (tertiary/aromatic N) is 2. The van der Waals surface area contributed by atoms with Crippen LogP contribution in [-0.2, 0) is 0 Å². The highest BCUT2D eigenvalue weighted by molar-refractivity contribution is 4.81. The first-order chi connectivity index (χ1) is 9.40. The molecule has 1 saturated heterocycles. The Bertz CT molecular complexity index is 218. The van der Waals surface area contributed by atoms with E-state index in [1.165, 1.54) is 84.2 Å². The molecule has 1 heterocycles. The summed E-state index contributed by atoms with van der Waals surface area (Å²) in [4.78, 5) is 5.44. The molecule has 3 nitrogen and oxygen atoms in total. The molecule has 2 aliphatic rings. The van der Waals surface area contributed by atoms with Gasteiger partial charge in [0.25, 0.3) is 0 Å². The van der Waals surface area contributed by atoms with Crippen LogP contribution in [0, 0.1) is 0 Å². The van der Waals surface area contributed by atoms with Gasteiger partial charge in [-0.2, -0.15) is 0 Å². The number of hydrogen-bond donors (Lipinski definition) is 1. The third-order valence-electron chi connectivity index (χ3n) is 4.83. The summed E-state index contributed by atoms with van der Waals surface area (Å²) < 4.78 is 0. The summed E-state index contributed by atoms with van der Waals surface area (Å²) in [6.45, 7) is 11.1. The minimum Gasteiger partial charge on any atom is -0.317 e. The zero-order valence-electron chi connectivity index (χ0n) is 12.9. The Morgan fingerprint density at radius 3 is 2.37 bits per heavy atom. The lowest BCUT2D eigenvalue weighted by Crippen LogP contribution is -2.49. The van der Waals surface area contributed by atoms with Gasteiger partial charge in [0.1, 0.15) is 0 Å². The van der Waals surface area contributed by atoms with E-state index in [4.69, 9.17) is 0 Å². The average Bonchev–Trinajstić information content (AvgIpc) is 2.97. The van der Waals surface area contributed by atoms with E-state index >= 15 is 0 Å². The van der Waals surface area contributed by atoms with Gasteiger partial charge in [-0.3, -0.25) is 4.90 Å². The summed E-state index contributed by atoms with van der Waals surface area (Å²) in [5.74, 6) is 0. The summed E-state index contributed by atoms with van der Waals surface area (Å²) in [7, 11) is 0. The molecule has 0 atom stereocenters. The zero-order valence-corrected chi connectivity index (χ0v) is 12.9. The van der Waals surface area contributed by atoms with Crippen LogP contribution in [0.1, 0.15) is 51.9 Å². The maximum absolute atomic E-state index is 3.40. The van der Waals surface area contributed by atoms with Gasteiger partial charge in [0, 0.05) is 32.2 Å². The van der Waals surface area contributed by atoms with Crippen molar-refractivity contribution in [3.05, 3.63) is 0 Å². The highest BCUT2D eigenvalue weighted by Gasteiger charge is 2.25. The molecule has 1 aliphatic heterocycles. The van der Waals surface area contributed by atoms with Crippen LogP contribution in [-0.4, -0.2) is 61.7 Å². The van der Waals surface area contributed by atoms with Crippen molar-refractivity contribution in [1.82, 2.24) is 15.1 Å². The fourth-order valence-electron chi connectivity index (χ4n) is 3.56. The molecule has 1 N–H and O–H groups in total. The molecule has 0 aromatic rings. The van der Waals surface area contributed by atoms with Crippen molar-refractivity contribution in [2.45, 2.75) is 57.9 Å². The maximum Gasteiger partial charge on any atom is 0.0113 e. The van der Waals surface area contributed by atoms with Gasteiger partial charge < -0.3 is 10.2 Å². The van der Waals surface area contributed by atoms with Crippen molar-refractivity contribution in [3.63, 3.8) is 0 Å². The Balaban J connectivity index is 1.49. The zero-order chi connectivity index (χ0) is 13.3. The molecule has 0 amide bonds. The van der Waals surface area contributed by atoms with Crippen LogP contribution in [0.15, 0.2) is 0 Å². The molecule has 1 saturated carbocycles. The van der Waals surface area contributed by atoms with Crippen LogP contribution in [0.2, 0.25) is 0 Å². The van der Waals surface area contributed by atoms with Gasteiger partial charge in [-0.05, 0) is 45.3 Å². The molecule has 112 valence electrons. The molecule has 0 radical (unpaired) electrons. The first kappa shape index (κ1) is 15.3. The Morgan fingerprint density at radius 1 is 0.947 bits per heavy atom. The second kappa shape index (κ2) is 8.93. The first-order valence-electron chi connectivity index (χ1n) is 8.57. The molecule has 0 spiro atoms. The molecule has 0 unspecified atom stereocenters. The highest BCUT2D eigenvalue weighted by atomic mass is 15.3. The van der Waals surface area contributed by atoms with E-state index in [0.29, 0.717) is 0 Å². The van der Waals surface area contributed by atoms with Gasteiger partial charge in [-0.25, -0.2) is 0 Å². The number of piperazine rings is 1. The summed E-state index contributed by atoms with van der Waals surface area (Å²) in [6, 6.07) is 0.933. The third kappa shape index (κ3) is 5.41. The molecular weight excluding hydrogens is 234 g/mol. The number of hydrogen-bond acceptors (Lipinski definition) is 3. The van der Waals surface area contributed by atoms with Crippen molar-refractivity contribution in [3.8, 4) is 0 Å². The smallest absolute Gasteiger partial charge is 0.0113 e. The number of nitrogens with one attached hydrogen (secondary N) is 1. The third-order valence-corrected chi connectivity index (χ3v) is 4.83. The lowest BCUT2D eigenvalue weighted by atomic mass is 10.1. The van der Waals surface area contributed by atoms with Crippen molar-refractivity contribution < 1.29 is 0 Å². The molecule has 19 heavy (non-hydrogen) atoms. The van der Waals surface area contributed by atoms with E-state index in [-0.39, 0.29) is 0 Å². The topological polar surface area (TPSA) is 18.5 Å². The molecule has 3 heteroatoms. The summed E-state index contributed by atoms with van der Waals surface area (Å²) in [5.41, 5.74) is 0. The molecule has 2 fully saturated rings. The van der Waals surface area contributed by atoms with E-state index in [0.717, 1.165) is 12.6 Å². The largest absolute Gasteiger partial charge is 0.317 e. The summed E-state index contributed by atoms with van der Waals surface area (Å²) >= 11 is 0. The standard InChI is InChI=1S/C16H33N3/c1-2-17-10-6-3-7-11-18-12-14-19(15-13-18)16-8-4-5-9-16/h16-17H,2-15H2,1H3. The highest BCUT2D eigenvalue weighted by Crippen LogP contribution is 2.24. The lowest BCUT2D eigenvalue weighted by molar-refractivity contribution is 0.0968. The normalized spacial score (nSPS) is 23.2. The summed E-state index contributed by atoms with van der Waals surface area (Å²) in [5, 5.41) is 3.40. The van der Waals surface area contributed by atoms with Crippen LogP contribution >= 0.6 is 0 Å². The van der Waals surface area contributed by atoms with E-state index < -0.39 is 0 Å². The summed E-state index contributed by atoms with van der Waals surface area (Å²) in [6.07, 6.45) is 9.97. The molecular formula is C16H33N3. The van der Waals surface area contributed by atoms with Crippen LogP contribution in [0.4, 0.5) is 0 Å². The second-order valence-electron chi connectivity index (χ2n) is 6.23. The minimum absolute atomic E-state index is 0.933. The average molecular weight is 267 g/mol. The predicted octanol–water partition coefficient (Wildman–Crippen LogP) is 2.33. The van der Waals surface area contributed by atoms with Crippen LogP contribution in [0.5, 0.6) is 0 Å². The van der Waals surface area contributed by atoms with Crippen molar-refractivity contribution in [1.29, 1.82) is 0 Å². The minimum atomic E-state index is 0.933. The van der Waals surface area contributed by atoms with E-state index in [1.807, 2.05) is 0 Å². The van der Waals surface area contributed by atoms with Gasteiger partial charge in [-0.15, -0.1) is 0 Å². The Kier molecular flexibility index (Phi) is 7.18. The molecule has 0 aromatic heterocycles. The Morgan fingerprint density at radius 2 is 1.68 bits per heavy atom. The SMILES string of the molecule is CCNCCCCCN1CCN(C2CCCC2)CC1. The number of rotatable bonds is 8.